The van der Waals surface area contributed by atoms with E-state index in [0.29, 0.717) is 11.7 Å². The van der Waals surface area contributed by atoms with Crippen molar-refractivity contribution in [1.82, 2.24) is 0 Å². The fourth-order valence-corrected chi connectivity index (χ4v) is 8.40. The second-order valence-electron chi connectivity index (χ2n) is 8.12. The number of benzene rings is 1. The zero-order valence-corrected chi connectivity index (χ0v) is 10.9. The molecule has 4 bridgehead atoms. The van der Waals surface area contributed by atoms with Gasteiger partial charge in [-0.05, 0) is 59.3 Å². The molecule has 7 fully saturated rings. The average Bonchev–Trinajstić information content (AvgIpc) is 3.03. The number of hydrogen-bond donors (Lipinski definition) is 0. The Morgan fingerprint density at radius 3 is 2.74 bits per heavy atom. The van der Waals surface area contributed by atoms with Gasteiger partial charge in [-0.2, -0.15) is 0 Å². The fourth-order valence-electron chi connectivity index (χ4n) is 8.40. The molecule has 2 heterocycles. The molecule has 0 N–H and O–H groups in total. The van der Waals surface area contributed by atoms with E-state index in [1.807, 2.05) is 0 Å². The van der Waals surface area contributed by atoms with Crippen molar-refractivity contribution in [2.45, 2.75) is 24.5 Å². The molecule has 2 aliphatic heterocycles. The molecule has 96 valence electrons. The highest BCUT2D eigenvalue weighted by Crippen LogP contribution is 2.90. The van der Waals surface area contributed by atoms with Gasteiger partial charge in [-0.15, -0.1) is 0 Å². The third-order valence-corrected chi connectivity index (χ3v) is 8.19. The van der Waals surface area contributed by atoms with E-state index in [9.17, 15) is 0 Å². The molecule has 0 aromatic heterocycles. The molecule has 19 heavy (non-hydrogen) atoms. The van der Waals surface area contributed by atoms with E-state index in [-0.39, 0.29) is 0 Å². The third-order valence-electron chi connectivity index (χ3n) is 8.19. The minimum Gasteiger partial charge on any atom is -0.370 e. The van der Waals surface area contributed by atoms with E-state index < -0.39 is 0 Å². The van der Waals surface area contributed by atoms with Gasteiger partial charge in [0.1, 0.15) is 0 Å². The predicted molar refractivity (Wildman–Crippen MR) is 70.3 cm³/mol. The van der Waals surface area contributed by atoms with Crippen molar-refractivity contribution in [2.24, 2.45) is 47.3 Å². The zero-order valence-electron chi connectivity index (χ0n) is 10.9. The van der Waals surface area contributed by atoms with Gasteiger partial charge in [-0.1, -0.05) is 30.3 Å². The predicted octanol–water partition coefficient (Wildman–Crippen LogP) is 2.75. The lowest BCUT2D eigenvalue weighted by Crippen LogP contribution is -2.49. The van der Waals surface area contributed by atoms with Crippen LogP contribution in [0.1, 0.15) is 12.0 Å². The van der Waals surface area contributed by atoms with E-state index in [1.165, 1.54) is 12.0 Å². The molecule has 1 aromatic carbocycles. The van der Waals surface area contributed by atoms with Gasteiger partial charge in [0.15, 0.2) is 0 Å². The largest absolute Gasteiger partial charge is 0.370 e. The first kappa shape index (κ1) is 9.18. The highest BCUT2D eigenvalue weighted by molar-refractivity contribution is 5.40. The van der Waals surface area contributed by atoms with Crippen LogP contribution in [0.4, 0.5) is 0 Å². The van der Waals surface area contributed by atoms with Crippen molar-refractivity contribution in [1.29, 1.82) is 0 Å². The first-order chi connectivity index (χ1) is 9.40. The van der Waals surface area contributed by atoms with Gasteiger partial charge in [0.2, 0.25) is 0 Å². The number of ether oxygens (including phenoxy) is 1. The standard InChI is InChI=1S/C18H18O/c1-2-4-8(5-3-1)7-18-15-10-6-9-11-12(10)16(18)14(11)17(19-18)13(9)15/h1-5,9-17H,6-7H2/t9-,10+,11-,12+,13-,14+,15-,16+,17+,18+/m0/s1. The summed E-state index contributed by atoms with van der Waals surface area (Å²) in [6.45, 7) is 0. The smallest absolute Gasteiger partial charge is 0.0795 e. The summed E-state index contributed by atoms with van der Waals surface area (Å²) in [7, 11) is 0. The minimum absolute atomic E-state index is 0.290. The van der Waals surface area contributed by atoms with Gasteiger partial charge in [0, 0.05) is 6.42 Å². The van der Waals surface area contributed by atoms with E-state index in [0.717, 1.165) is 47.3 Å². The van der Waals surface area contributed by atoms with Crippen LogP contribution in [0.5, 0.6) is 0 Å². The lowest BCUT2D eigenvalue weighted by Gasteiger charge is -2.46. The van der Waals surface area contributed by atoms with Crippen LogP contribution >= 0.6 is 0 Å². The first-order valence-corrected chi connectivity index (χ1v) is 8.12. The molecule has 0 spiro atoms. The van der Waals surface area contributed by atoms with E-state index >= 15 is 0 Å². The lowest BCUT2D eigenvalue weighted by molar-refractivity contribution is -0.0301. The quantitative estimate of drug-likeness (QED) is 0.784. The van der Waals surface area contributed by atoms with Gasteiger partial charge in [0.05, 0.1) is 11.7 Å². The Morgan fingerprint density at radius 1 is 0.947 bits per heavy atom. The van der Waals surface area contributed by atoms with Crippen LogP contribution in [-0.4, -0.2) is 11.7 Å². The highest BCUT2D eigenvalue weighted by atomic mass is 16.5. The number of rotatable bonds is 2. The van der Waals surface area contributed by atoms with E-state index in [4.69, 9.17) is 4.74 Å². The topological polar surface area (TPSA) is 9.23 Å². The summed E-state index contributed by atoms with van der Waals surface area (Å²) < 4.78 is 6.76. The normalized spacial score (nSPS) is 67.5. The summed E-state index contributed by atoms with van der Waals surface area (Å²) in [5.74, 6) is 8.25. The van der Waals surface area contributed by atoms with Crippen LogP contribution in [0.2, 0.25) is 0 Å². The molecule has 10 atom stereocenters. The maximum atomic E-state index is 6.76. The molecule has 0 radical (unpaired) electrons. The van der Waals surface area contributed by atoms with Crippen molar-refractivity contribution in [3.05, 3.63) is 35.9 Å². The van der Waals surface area contributed by atoms with Crippen LogP contribution in [0.25, 0.3) is 0 Å². The molecule has 0 unspecified atom stereocenters. The van der Waals surface area contributed by atoms with Crippen molar-refractivity contribution in [3.8, 4) is 0 Å². The average molecular weight is 250 g/mol. The molecule has 1 aromatic rings. The van der Waals surface area contributed by atoms with Crippen molar-refractivity contribution in [2.75, 3.05) is 0 Å². The van der Waals surface area contributed by atoms with Crippen LogP contribution in [0.15, 0.2) is 30.3 Å². The van der Waals surface area contributed by atoms with Gasteiger partial charge >= 0.3 is 0 Å². The Kier molecular flexibility index (Phi) is 1.17. The molecule has 1 heteroatoms. The summed E-state index contributed by atoms with van der Waals surface area (Å²) in [5.41, 5.74) is 1.80. The molecule has 5 aliphatic carbocycles. The molecule has 7 aliphatic rings. The fraction of sp³-hybridized carbons (Fsp3) is 0.667. The van der Waals surface area contributed by atoms with Crippen LogP contribution in [0, 0.1) is 47.3 Å². The molecule has 2 saturated heterocycles. The Hall–Kier alpha value is -0.820. The van der Waals surface area contributed by atoms with Crippen molar-refractivity contribution < 1.29 is 4.74 Å². The van der Waals surface area contributed by atoms with Crippen LogP contribution in [-0.2, 0) is 11.2 Å². The molecule has 5 saturated carbocycles. The second kappa shape index (κ2) is 2.41. The summed E-state index contributed by atoms with van der Waals surface area (Å²) in [6.07, 6.45) is 3.48. The molecule has 1 nitrogen and oxygen atoms in total. The summed E-state index contributed by atoms with van der Waals surface area (Å²) in [6, 6.07) is 11.1. The molecular formula is C18H18O. The Bertz CT molecular complexity index is 599. The van der Waals surface area contributed by atoms with Crippen molar-refractivity contribution >= 4 is 0 Å². The SMILES string of the molecule is c1ccc(C[C@]23O[C@H]4[C@@H]5[C@H]6[C@@H]7C[C@H]([C@H]6[C@H]52)[C@H]3[C@H]74)cc1. The van der Waals surface area contributed by atoms with E-state index in [2.05, 4.69) is 30.3 Å². The maximum Gasteiger partial charge on any atom is 0.0795 e. The minimum atomic E-state index is 0.290. The van der Waals surface area contributed by atoms with E-state index in [1.54, 1.807) is 6.42 Å². The molecule has 8 rings (SSSR count). The van der Waals surface area contributed by atoms with Gasteiger partial charge in [-0.3, -0.25) is 0 Å². The van der Waals surface area contributed by atoms with Gasteiger partial charge in [-0.25, -0.2) is 0 Å². The molecular weight excluding hydrogens is 232 g/mol. The lowest BCUT2D eigenvalue weighted by atomic mass is 9.57. The second-order valence-corrected chi connectivity index (χ2v) is 8.12. The monoisotopic (exact) mass is 250 g/mol. The number of hydrogen-bond acceptors (Lipinski definition) is 1. The third kappa shape index (κ3) is 0.665. The Balaban J connectivity index is 1.42. The highest BCUT2D eigenvalue weighted by Gasteiger charge is 2.92. The first-order valence-electron chi connectivity index (χ1n) is 8.12. The van der Waals surface area contributed by atoms with Gasteiger partial charge < -0.3 is 4.74 Å². The summed E-state index contributed by atoms with van der Waals surface area (Å²) in [5, 5.41) is 0. The van der Waals surface area contributed by atoms with Crippen molar-refractivity contribution in [3.63, 3.8) is 0 Å². The van der Waals surface area contributed by atoms with Crippen LogP contribution < -0.4 is 0 Å². The van der Waals surface area contributed by atoms with Crippen LogP contribution in [0.3, 0.4) is 0 Å². The van der Waals surface area contributed by atoms with Gasteiger partial charge in [0.25, 0.3) is 0 Å². The molecule has 0 amide bonds. The Morgan fingerprint density at radius 2 is 1.84 bits per heavy atom. The maximum absolute atomic E-state index is 6.76. The summed E-state index contributed by atoms with van der Waals surface area (Å²) in [4.78, 5) is 0. The Labute approximate surface area is 113 Å². The summed E-state index contributed by atoms with van der Waals surface area (Å²) >= 11 is 0. The zero-order chi connectivity index (χ0) is 11.9.